The fourth-order valence-corrected chi connectivity index (χ4v) is 1.93. The van der Waals surface area contributed by atoms with Gasteiger partial charge in [0.15, 0.2) is 11.5 Å². The number of fused-ring (bicyclic) bond motifs is 1. The van der Waals surface area contributed by atoms with E-state index < -0.39 is 6.04 Å². The molecule has 1 aromatic carbocycles. The molecule has 5 heteroatoms. The molecule has 110 valence electrons. The first-order chi connectivity index (χ1) is 9.58. The van der Waals surface area contributed by atoms with Gasteiger partial charge in [-0.3, -0.25) is 4.79 Å². The van der Waals surface area contributed by atoms with Crippen molar-refractivity contribution in [2.24, 2.45) is 11.7 Å². The van der Waals surface area contributed by atoms with Crippen molar-refractivity contribution in [1.82, 2.24) is 5.32 Å². The minimum atomic E-state index is -0.476. The number of ether oxygens (including phenoxy) is 2. The van der Waals surface area contributed by atoms with E-state index in [4.69, 9.17) is 15.2 Å². The van der Waals surface area contributed by atoms with Crippen molar-refractivity contribution in [3.63, 3.8) is 0 Å². The predicted octanol–water partition coefficient (Wildman–Crippen LogP) is 1.45. The Morgan fingerprint density at radius 2 is 2.00 bits per heavy atom. The van der Waals surface area contributed by atoms with Crippen molar-refractivity contribution >= 4 is 5.91 Å². The summed E-state index contributed by atoms with van der Waals surface area (Å²) in [5, 5.41) is 2.84. The van der Waals surface area contributed by atoms with E-state index in [0.717, 1.165) is 23.5 Å². The molecule has 1 atom stereocenters. The van der Waals surface area contributed by atoms with E-state index in [1.165, 1.54) is 0 Å². The zero-order valence-electron chi connectivity index (χ0n) is 12.0. The lowest BCUT2D eigenvalue weighted by molar-refractivity contribution is -0.123. The third-order valence-electron chi connectivity index (χ3n) is 3.30. The minimum Gasteiger partial charge on any atom is -0.490 e. The predicted molar refractivity (Wildman–Crippen MR) is 76.7 cm³/mol. The Bertz CT molecular complexity index is 474. The SMILES string of the molecule is CC(C)[C@H](N)C(=O)NCc1ccc2c(c1)OCCCO2. The first kappa shape index (κ1) is 14.7. The summed E-state index contributed by atoms with van der Waals surface area (Å²) in [6, 6.07) is 5.23. The van der Waals surface area contributed by atoms with Crippen LogP contribution in [0.4, 0.5) is 0 Å². The molecule has 1 aliphatic rings. The molecule has 0 bridgehead atoms. The van der Waals surface area contributed by atoms with Crippen molar-refractivity contribution in [1.29, 1.82) is 0 Å². The number of nitrogens with two attached hydrogens (primary N) is 1. The highest BCUT2D eigenvalue weighted by atomic mass is 16.5. The maximum Gasteiger partial charge on any atom is 0.237 e. The second-order valence-electron chi connectivity index (χ2n) is 5.32. The molecule has 1 aliphatic heterocycles. The van der Waals surface area contributed by atoms with Gasteiger partial charge < -0.3 is 20.5 Å². The molecule has 0 spiro atoms. The minimum absolute atomic E-state index is 0.124. The second kappa shape index (κ2) is 6.61. The van der Waals surface area contributed by atoms with E-state index in [1.807, 2.05) is 32.0 Å². The van der Waals surface area contributed by atoms with Crippen LogP contribution >= 0.6 is 0 Å². The molecule has 0 fully saturated rings. The van der Waals surface area contributed by atoms with E-state index >= 15 is 0 Å². The van der Waals surface area contributed by atoms with Gasteiger partial charge in [-0.15, -0.1) is 0 Å². The van der Waals surface area contributed by atoms with Crippen LogP contribution < -0.4 is 20.5 Å². The molecule has 0 aliphatic carbocycles. The first-order valence-electron chi connectivity index (χ1n) is 6.99. The monoisotopic (exact) mass is 278 g/mol. The normalized spacial score (nSPS) is 15.6. The van der Waals surface area contributed by atoms with Crippen LogP contribution in [0.3, 0.4) is 0 Å². The average molecular weight is 278 g/mol. The number of amides is 1. The van der Waals surface area contributed by atoms with Crippen LogP contribution in [-0.2, 0) is 11.3 Å². The van der Waals surface area contributed by atoms with Crippen LogP contribution in [0, 0.1) is 5.92 Å². The molecule has 0 saturated heterocycles. The Hall–Kier alpha value is -1.75. The Balaban J connectivity index is 1.97. The van der Waals surface area contributed by atoms with Gasteiger partial charge in [-0.25, -0.2) is 0 Å². The molecule has 1 heterocycles. The number of hydrogen-bond acceptors (Lipinski definition) is 4. The van der Waals surface area contributed by atoms with E-state index in [-0.39, 0.29) is 11.8 Å². The highest BCUT2D eigenvalue weighted by Gasteiger charge is 2.17. The number of carbonyl (C=O) groups excluding carboxylic acids is 1. The molecule has 0 aromatic heterocycles. The molecular weight excluding hydrogens is 256 g/mol. The summed E-state index contributed by atoms with van der Waals surface area (Å²) in [6.45, 7) is 5.62. The van der Waals surface area contributed by atoms with Crippen molar-refractivity contribution in [2.45, 2.75) is 32.9 Å². The van der Waals surface area contributed by atoms with E-state index in [1.54, 1.807) is 0 Å². The highest BCUT2D eigenvalue weighted by molar-refractivity contribution is 5.81. The lowest BCUT2D eigenvalue weighted by Crippen LogP contribution is -2.43. The molecule has 3 N–H and O–H groups in total. The zero-order valence-corrected chi connectivity index (χ0v) is 12.0. The summed E-state index contributed by atoms with van der Waals surface area (Å²) in [5.41, 5.74) is 6.77. The summed E-state index contributed by atoms with van der Waals surface area (Å²) < 4.78 is 11.2. The standard InChI is InChI=1S/C15H22N2O3/c1-10(2)14(16)15(18)17-9-11-4-5-12-13(8-11)20-7-3-6-19-12/h4-5,8,10,14H,3,6-7,9,16H2,1-2H3,(H,17,18)/t14-/m0/s1. The molecule has 0 radical (unpaired) electrons. The zero-order chi connectivity index (χ0) is 14.5. The Labute approximate surface area is 119 Å². The number of carbonyl (C=O) groups is 1. The smallest absolute Gasteiger partial charge is 0.237 e. The number of nitrogens with one attached hydrogen (secondary N) is 1. The largest absolute Gasteiger partial charge is 0.490 e. The Kier molecular flexibility index (Phi) is 4.84. The van der Waals surface area contributed by atoms with Crippen LogP contribution in [-0.4, -0.2) is 25.2 Å². The van der Waals surface area contributed by atoms with Crippen LogP contribution in [0.2, 0.25) is 0 Å². The lowest BCUT2D eigenvalue weighted by atomic mass is 10.0. The molecule has 2 rings (SSSR count). The van der Waals surface area contributed by atoms with Gasteiger partial charge in [0, 0.05) is 13.0 Å². The number of rotatable bonds is 4. The summed E-state index contributed by atoms with van der Waals surface area (Å²) >= 11 is 0. The fraction of sp³-hybridized carbons (Fsp3) is 0.533. The first-order valence-corrected chi connectivity index (χ1v) is 6.99. The van der Waals surface area contributed by atoms with Crippen LogP contribution in [0.15, 0.2) is 18.2 Å². The van der Waals surface area contributed by atoms with Gasteiger partial charge in [0.2, 0.25) is 5.91 Å². The van der Waals surface area contributed by atoms with Gasteiger partial charge in [0.05, 0.1) is 19.3 Å². The van der Waals surface area contributed by atoms with Gasteiger partial charge in [0.25, 0.3) is 0 Å². The van der Waals surface area contributed by atoms with Gasteiger partial charge in [-0.2, -0.15) is 0 Å². The maximum atomic E-state index is 11.8. The van der Waals surface area contributed by atoms with Crippen LogP contribution in [0.1, 0.15) is 25.8 Å². The maximum absolute atomic E-state index is 11.8. The van der Waals surface area contributed by atoms with Gasteiger partial charge in [-0.1, -0.05) is 19.9 Å². The summed E-state index contributed by atoms with van der Waals surface area (Å²) in [5.74, 6) is 1.49. The number of hydrogen-bond donors (Lipinski definition) is 2. The third kappa shape index (κ3) is 3.63. The summed E-state index contributed by atoms with van der Waals surface area (Å²) in [4.78, 5) is 11.8. The second-order valence-corrected chi connectivity index (χ2v) is 5.32. The summed E-state index contributed by atoms with van der Waals surface area (Å²) in [6.07, 6.45) is 0.879. The van der Waals surface area contributed by atoms with Gasteiger partial charge in [0.1, 0.15) is 0 Å². The molecule has 20 heavy (non-hydrogen) atoms. The Morgan fingerprint density at radius 1 is 1.30 bits per heavy atom. The van der Waals surface area contributed by atoms with E-state index in [9.17, 15) is 4.79 Å². The Morgan fingerprint density at radius 3 is 2.70 bits per heavy atom. The van der Waals surface area contributed by atoms with Crippen molar-refractivity contribution in [3.8, 4) is 11.5 Å². The topological polar surface area (TPSA) is 73.6 Å². The van der Waals surface area contributed by atoms with Gasteiger partial charge in [-0.05, 0) is 23.6 Å². The molecule has 5 nitrogen and oxygen atoms in total. The molecular formula is C15H22N2O3. The van der Waals surface area contributed by atoms with Crippen LogP contribution in [0.25, 0.3) is 0 Å². The molecule has 0 saturated carbocycles. The van der Waals surface area contributed by atoms with Gasteiger partial charge >= 0.3 is 0 Å². The number of benzene rings is 1. The van der Waals surface area contributed by atoms with Crippen LogP contribution in [0.5, 0.6) is 11.5 Å². The summed E-state index contributed by atoms with van der Waals surface area (Å²) in [7, 11) is 0. The quantitative estimate of drug-likeness (QED) is 0.874. The van der Waals surface area contributed by atoms with Crippen molar-refractivity contribution in [3.05, 3.63) is 23.8 Å². The van der Waals surface area contributed by atoms with E-state index in [0.29, 0.717) is 19.8 Å². The molecule has 1 aromatic rings. The highest BCUT2D eigenvalue weighted by Crippen LogP contribution is 2.30. The van der Waals surface area contributed by atoms with Crippen molar-refractivity contribution < 1.29 is 14.3 Å². The van der Waals surface area contributed by atoms with Crippen molar-refractivity contribution in [2.75, 3.05) is 13.2 Å². The lowest BCUT2D eigenvalue weighted by Gasteiger charge is -2.16. The third-order valence-corrected chi connectivity index (χ3v) is 3.30. The van der Waals surface area contributed by atoms with E-state index in [2.05, 4.69) is 5.32 Å². The molecule has 0 unspecified atom stereocenters. The fourth-order valence-electron chi connectivity index (χ4n) is 1.93. The average Bonchev–Trinajstić information content (AvgIpc) is 2.68. The molecule has 1 amide bonds.